The number of aromatic amines is 1. The van der Waals surface area contributed by atoms with Crippen molar-refractivity contribution in [3.05, 3.63) is 51.8 Å². The van der Waals surface area contributed by atoms with E-state index in [1.807, 2.05) is 6.20 Å². The predicted molar refractivity (Wildman–Crippen MR) is 86.9 cm³/mol. The average molecular weight is 297 g/mol. The van der Waals surface area contributed by atoms with E-state index in [1.54, 1.807) is 0 Å². The first-order valence-electron chi connectivity index (χ1n) is 7.90. The fraction of sp³-hybridized carbons (Fsp3) is 0.444. The molecule has 3 rings (SSSR count). The first-order chi connectivity index (χ1) is 10.5. The Labute approximate surface area is 131 Å². The third-order valence-corrected chi connectivity index (χ3v) is 4.56. The molecule has 4 nitrogen and oxygen atoms in total. The molecule has 0 aliphatic heterocycles. The van der Waals surface area contributed by atoms with E-state index in [0.717, 1.165) is 24.8 Å². The van der Waals surface area contributed by atoms with Gasteiger partial charge in [0, 0.05) is 18.2 Å². The zero-order valence-electron chi connectivity index (χ0n) is 13.5. The second-order valence-corrected chi connectivity index (χ2v) is 6.44. The molecule has 1 aliphatic carbocycles. The number of aryl methyl sites for hydroxylation is 4. The predicted octanol–water partition coefficient (Wildman–Crippen LogP) is 2.55. The van der Waals surface area contributed by atoms with Gasteiger partial charge in [-0.15, -0.1) is 0 Å². The maximum atomic E-state index is 12.4. The minimum Gasteiger partial charge on any atom is -0.353 e. The molecule has 0 saturated carbocycles. The molecule has 1 aliphatic rings. The van der Waals surface area contributed by atoms with E-state index >= 15 is 0 Å². The Kier molecular flexibility index (Phi) is 4.01. The summed E-state index contributed by atoms with van der Waals surface area (Å²) in [6.45, 7) is 6.26. The van der Waals surface area contributed by atoms with Crippen molar-refractivity contribution < 1.29 is 4.79 Å². The molecular weight excluding hydrogens is 274 g/mol. The van der Waals surface area contributed by atoms with Crippen LogP contribution >= 0.6 is 0 Å². The molecule has 1 aromatic carbocycles. The molecule has 1 atom stereocenters. The molecule has 0 saturated heterocycles. The van der Waals surface area contributed by atoms with E-state index in [2.05, 4.69) is 48.4 Å². The number of aromatic nitrogens is 2. The summed E-state index contributed by atoms with van der Waals surface area (Å²) in [5.41, 5.74) is 7.26. The zero-order chi connectivity index (χ0) is 15.7. The summed E-state index contributed by atoms with van der Waals surface area (Å²) >= 11 is 0. The zero-order valence-corrected chi connectivity index (χ0v) is 13.5. The highest BCUT2D eigenvalue weighted by Gasteiger charge is 2.22. The van der Waals surface area contributed by atoms with E-state index in [9.17, 15) is 4.79 Å². The third kappa shape index (κ3) is 3.06. The molecule has 2 aromatic rings. The second kappa shape index (κ2) is 5.95. The Hall–Kier alpha value is -2.10. The molecule has 116 valence electrons. The number of nitrogens with one attached hydrogen (secondary N) is 2. The summed E-state index contributed by atoms with van der Waals surface area (Å²) in [6.07, 6.45) is 5.19. The quantitative estimate of drug-likeness (QED) is 0.914. The Morgan fingerprint density at radius 2 is 2.05 bits per heavy atom. The van der Waals surface area contributed by atoms with Crippen LogP contribution in [0, 0.1) is 20.8 Å². The van der Waals surface area contributed by atoms with Crippen LogP contribution in [0.15, 0.2) is 18.3 Å². The summed E-state index contributed by atoms with van der Waals surface area (Å²) in [5, 5.41) is 10.3. The smallest absolute Gasteiger partial charge is 0.224 e. The van der Waals surface area contributed by atoms with Crippen LogP contribution in [-0.4, -0.2) is 22.1 Å². The normalized spacial score (nSPS) is 17.1. The first kappa shape index (κ1) is 14.8. The Morgan fingerprint density at radius 1 is 1.32 bits per heavy atom. The van der Waals surface area contributed by atoms with Crippen LogP contribution in [0.1, 0.15) is 39.9 Å². The molecule has 0 spiro atoms. The van der Waals surface area contributed by atoms with Crippen molar-refractivity contribution in [2.24, 2.45) is 0 Å². The van der Waals surface area contributed by atoms with E-state index in [1.165, 1.54) is 27.9 Å². The second-order valence-electron chi connectivity index (χ2n) is 6.44. The Bertz CT molecular complexity index is 679. The van der Waals surface area contributed by atoms with Gasteiger partial charge in [-0.3, -0.25) is 9.89 Å². The minimum atomic E-state index is 0.114. The van der Waals surface area contributed by atoms with Crippen LogP contribution in [0.2, 0.25) is 0 Å². The van der Waals surface area contributed by atoms with Crippen molar-refractivity contribution in [1.29, 1.82) is 0 Å². The van der Waals surface area contributed by atoms with Gasteiger partial charge in [0.05, 0.1) is 12.6 Å². The number of rotatable bonds is 3. The van der Waals surface area contributed by atoms with Gasteiger partial charge in [-0.25, -0.2) is 0 Å². The van der Waals surface area contributed by atoms with Crippen molar-refractivity contribution in [2.45, 2.75) is 52.5 Å². The summed E-state index contributed by atoms with van der Waals surface area (Å²) in [4.78, 5) is 12.4. The number of carbonyl (C=O) groups excluding carboxylic acids is 1. The fourth-order valence-corrected chi connectivity index (χ4v) is 3.46. The van der Waals surface area contributed by atoms with E-state index in [0.29, 0.717) is 6.42 Å². The fourth-order valence-electron chi connectivity index (χ4n) is 3.46. The third-order valence-electron chi connectivity index (χ3n) is 4.56. The van der Waals surface area contributed by atoms with Crippen molar-refractivity contribution in [1.82, 2.24) is 15.5 Å². The van der Waals surface area contributed by atoms with Gasteiger partial charge in [0.25, 0.3) is 0 Å². The van der Waals surface area contributed by atoms with Gasteiger partial charge >= 0.3 is 0 Å². The molecule has 0 fully saturated rings. The summed E-state index contributed by atoms with van der Waals surface area (Å²) < 4.78 is 0. The van der Waals surface area contributed by atoms with Crippen LogP contribution < -0.4 is 5.32 Å². The monoisotopic (exact) mass is 297 g/mol. The number of H-pyrrole nitrogens is 1. The van der Waals surface area contributed by atoms with Crippen molar-refractivity contribution in [3.8, 4) is 0 Å². The lowest BCUT2D eigenvalue weighted by molar-refractivity contribution is -0.121. The van der Waals surface area contributed by atoms with Crippen molar-refractivity contribution in [2.75, 3.05) is 0 Å². The Balaban J connectivity index is 1.64. The molecule has 1 unspecified atom stereocenters. The lowest BCUT2D eigenvalue weighted by Gasteiger charge is -2.23. The molecule has 22 heavy (non-hydrogen) atoms. The SMILES string of the molecule is Cc1cc(C)c(CC(=O)NC2CCc3cn[nH]c3C2)c(C)c1. The number of hydrogen-bond donors (Lipinski definition) is 2. The number of hydrogen-bond acceptors (Lipinski definition) is 2. The van der Waals surface area contributed by atoms with Gasteiger partial charge in [0.1, 0.15) is 0 Å². The Morgan fingerprint density at radius 3 is 2.77 bits per heavy atom. The van der Waals surface area contributed by atoms with Gasteiger partial charge in [-0.05, 0) is 55.9 Å². The van der Waals surface area contributed by atoms with E-state index in [-0.39, 0.29) is 11.9 Å². The number of fused-ring (bicyclic) bond motifs is 1. The van der Waals surface area contributed by atoms with Crippen LogP contribution in [0.3, 0.4) is 0 Å². The van der Waals surface area contributed by atoms with Crippen LogP contribution in [0.4, 0.5) is 0 Å². The first-order valence-corrected chi connectivity index (χ1v) is 7.90. The summed E-state index contributed by atoms with van der Waals surface area (Å²) in [5.74, 6) is 0.114. The maximum absolute atomic E-state index is 12.4. The van der Waals surface area contributed by atoms with Gasteiger partial charge in [0.2, 0.25) is 5.91 Å². The molecule has 0 bridgehead atoms. The van der Waals surface area contributed by atoms with E-state index in [4.69, 9.17) is 0 Å². The average Bonchev–Trinajstić information content (AvgIpc) is 2.90. The highest BCUT2D eigenvalue weighted by molar-refractivity contribution is 5.79. The largest absolute Gasteiger partial charge is 0.353 e. The minimum absolute atomic E-state index is 0.114. The molecule has 4 heteroatoms. The van der Waals surface area contributed by atoms with Crippen molar-refractivity contribution in [3.63, 3.8) is 0 Å². The number of amides is 1. The lowest BCUT2D eigenvalue weighted by atomic mass is 9.93. The highest BCUT2D eigenvalue weighted by Crippen LogP contribution is 2.20. The van der Waals surface area contributed by atoms with Crippen LogP contribution in [-0.2, 0) is 24.1 Å². The number of benzene rings is 1. The van der Waals surface area contributed by atoms with E-state index < -0.39 is 0 Å². The topological polar surface area (TPSA) is 57.8 Å². The molecule has 1 amide bonds. The lowest BCUT2D eigenvalue weighted by Crippen LogP contribution is -2.39. The van der Waals surface area contributed by atoms with Gasteiger partial charge in [-0.1, -0.05) is 17.7 Å². The maximum Gasteiger partial charge on any atom is 0.224 e. The number of nitrogens with zero attached hydrogens (tertiary/aromatic N) is 1. The molecule has 1 aromatic heterocycles. The summed E-state index contributed by atoms with van der Waals surface area (Å²) in [7, 11) is 0. The molecular formula is C18H23N3O. The van der Waals surface area contributed by atoms with Crippen LogP contribution in [0.5, 0.6) is 0 Å². The molecule has 1 heterocycles. The van der Waals surface area contributed by atoms with Gasteiger partial charge in [0.15, 0.2) is 0 Å². The highest BCUT2D eigenvalue weighted by atomic mass is 16.1. The van der Waals surface area contributed by atoms with Crippen molar-refractivity contribution >= 4 is 5.91 Å². The van der Waals surface area contributed by atoms with Gasteiger partial charge in [-0.2, -0.15) is 5.10 Å². The van der Waals surface area contributed by atoms with Gasteiger partial charge < -0.3 is 5.32 Å². The molecule has 2 N–H and O–H groups in total. The van der Waals surface area contributed by atoms with Crippen LogP contribution in [0.25, 0.3) is 0 Å². The number of carbonyl (C=O) groups is 1. The summed E-state index contributed by atoms with van der Waals surface area (Å²) in [6, 6.07) is 4.51. The molecule has 0 radical (unpaired) electrons. The standard InChI is InChI=1S/C18H23N3O/c1-11-6-12(2)16(13(3)7-11)9-18(22)20-15-5-4-14-10-19-21-17(14)8-15/h6-7,10,15H,4-5,8-9H2,1-3H3,(H,19,21)(H,20,22).